The van der Waals surface area contributed by atoms with Gasteiger partial charge in [-0.3, -0.25) is 4.79 Å². The molecule has 1 aliphatic rings. The largest absolute Gasteiger partial charge is 0.328 e. The first-order valence-corrected chi connectivity index (χ1v) is 9.31. The zero-order chi connectivity index (χ0) is 16.0. The quantitative estimate of drug-likeness (QED) is 0.749. The van der Waals surface area contributed by atoms with Crippen molar-refractivity contribution in [3.05, 3.63) is 35.9 Å². The second-order valence-corrected chi connectivity index (χ2v) is 7.85. The van der Waals surface area contributed by atoms with Gasteiger partial charge in [0.2, 0.25) is 5.91 Å². The molecule has 0 N–H and O–H groups in total. The van der Waals surface area contributed by atoms with E-state index in [2.05, 4.69) is 5.92 Å². The van der Waals surface area contributed by atoms with Gasteiger partial charge < -0.3 is 4.90 Å². The Balaban J connectivity index is 1.89. The van der Waals surface area contributed by atoms with Gasteiger partial charge in [-0.15, -0.1) is 6.42 Å². The van der Waals surface area contributed by atoms with Crippen molar-refractivity contribution in [1.82, 2.24) is 4.90 Å². The smallest absolute Gasteiger partial charge is 0.223 e. The Morgan fingerprint density at radius 3 is 2.64 bits per heavy atom. The summed E-state index contributed by atoms with van der Waals surface area (Å²) in [5.41, 5.74) is 1.20. The number of hydrogen-bond acceptors (Lipinski definition) is 3. The van der Waals surface area contributed by atoms with Crippen LogP contribution in [0, 0.1) is 12.3 Å². The average molecular weight is 319 g/mol. The van der Waals surface area contributed by atoms with Crippen molar-refractivity contribution in [3.8, 4) is 12.3 Å². The number of hydrogen-bond donors (Lipinski definition) is 0. The lowest BCUT2D eigenvalue weighted by atomic mass is 10.1. The highest BCUT2D eigenvalue weighted by Crippen LogP contribution is 2.19. The lowest BCUT2D eigenvalue weighted by molar-refractivity contribution is -0.132. The molecule has 0 unspecified atom stereocenters. The summed E-state index contributed by atoms with van der Waals surface area (Å²) in [5, 5.41) is 0. The van der Waals surface area contributed by atoms with Crippen LogP contribution >= 0.6 is 0 Å². The van der Waals surface area contributed by atoms with Crippen LogP contribution in [-0.2, 0) is 21.1 Å². The Morgan fingerprint density at radius 1 is 1.32 bits per heavy atom. The average Bonchev–Trinajstić information content (AvgIpc) is 2.85. The van der Waals surface area contributed by atoms with Gasteiger partial charge in [0.05, 0.1) is 18.1 Å². The van der Waals surface area contributed by atoms with Gasteiger partial charge in [0.15, 0.2) is 9.84 Å². The van der Waals surface area contributed by atoms with E-state index in [1.807, 2.05) is 30.3 Å². The van der Waals surface area contributed by atoms with Gasteiger partial charge in [-0.1, -0.05) is 36.3 Å². The summed E-state index contributed by atoms with van der Waals surface area (Å²) in [6, 6.07) is 9.73. The molecule has 1 fully saturated rings. The summed E-state index contributed by atoms with van der Waals surface area (Å²) in [5.74, 6) is 2.62. The summed E-state index contributed by atoms with van der Waals surface area (Å²) >= 11 is 0. The highest BCUT2D eigenvalue weighted by atomic mass is 32.2. The molecule has 1 saturated heterocycles. The first-order valence-electron chi connectivity index (χ1n) is 7.49. The molecule has 0 bridgehead atoms. The fourth-order valence-corrected chi connectivity index (χ4v) is 4.50. The fourth-order valence-electron chi connectivity index (χ4n) is 2.77. The van der Waals surface area contributed by atoms with Gasteiger partial charge in [0.1, 0.15) is 0 Å². The lowest BCUT2D eigenvalue weighted by Gasteiger charge is -2.26. The minimum Gasteiger partial charge on any atom is -0.328 e. The molecule has 1 amide bonds. The predicted octanol–water partition coefficient (Wildman–Crippen LogP) is 1.66. The number of benzene rings is 1. The Labute approximate surface area is 132 Å². The third-order valence-electron chi connectivity index (χ3n) is 3.93. The zero-order valence-corrected chi connectivity index (χ0v) is 13.4. The minimum atomic E-state index is -3.02. The number of carbonyl (C=O) groups excluding carboxylic acids is 1. The topological polar surface area (TPSA) is 54.5 Å². The molecule has 1 heterocycles. The zero-order valence-electron chi connectivity index (χ0n) is 12.6. The van der Waals surface area contributed by atoms with Crippen LogP contribution in [0.3, 0.4) is 0 Å². The molecule has 118 valence electrons. The molecule has 1 atom stereocenters. The Morgan fingerprint density at radius 2 is 2.05 bits per heavy atom. The summed E-state index contributed by atoms with van der Waals surface area (Å²) in [4.78, 5) is 13.9. The fraction of sp³-hybridized carbons (Fsp3) is 0.471. The summed E-state index contributed by atoms with van der Waals surface area (Å²) in [6.07, 6.45) is 7.79. The molecule has 1 aliphatic heterocycles. The van der Waals surface area contributed by atoms with E-state index in [0.717, 1.165) is 12.8 Å². The van der Waals surface area contributed by atoms with Crippen molar-refractivity contribution in [2.75, 3.05) is 18.1 Å². The number of carbonyl (C=O) groups is 1. The second kappa shape index (κ2) is 7.46. The first kappa shape index (κ1) is 16.6. The molecule has 22 heavy (non-hydrogen) atoms. The van der Waals surface area contributed by atoms with Gasteiger partial charge in [-0.05, 0) is 24.8 Å². The van der Waals surface area contributed by atoms with Crippen molar-refractivity contribution in [2.45, 2.75) is 31.7 Å². The van der Waals surface area contributed by atoms with Crippen molar-refractivity contribution in [1.29, 1.82) is 0 Å². The number of aryl methyl sites for hydroxylation is 1. The van der Waals surface area contributed by atoms with Gasteiger partial charge in [0.25, 0.3) is 0 Å². The molecular formula is C17H21NO3S. The molecule has 4 nitrogen and oxygen atoms in total. The molecule has 0 spiro atoms. The van der Waals surface area contributed by atoms with Crippen molar-refractivity contribution < 1.29 is 13.2 Å². The summed E-state index contributed by atoms with van der Waals surface area (Å²) in [6.45, 7) is 0.185. The van der Waals surface area contributed by atoms with Crippen LogP contribution < -0.4 is 0 Å². The maximum absolute atomic E-state index is 12.4. The van der Waals surface area contributed by atoms with Crippen LogP contribution in [0.15, 0.2) is 30.3 Å². The highest BCUT2D eigenvalue weighted by Gasteiger charge is 2.33. The van der Waals surface area contributed by atoms with E-state index >= 15 is 0 Å². The maximum atomic E-state index is 12.4. The molecule has 5 heteroatoms. The minimum absolute atomic E-state index is 0.0408. The monoisotopic (exact) mass is 319 g/mol. The third kappa shape index (κ3) is 4.60. The molecule has 0 saturated carbocycles. The van der Waals surface area contributed by atoms with E-state index in [-0.39, 0.29) is 30.0 Å². The maximum Gasteiger partial charge on any atom is 0.223 e. The predicted molar refractivity (Wildman–Crippen MR) is 87.0 cm³/mol. The van der Waals surface area contributed by atoms with Crippen LogP contribution in [0.5, 0.6) is 0 Å². The standard InChI is InChI=1S/C17H21NO3S/c1-2-12-18(16-11-13-22(20,21)14-16)17(19)10-6-9-15-7-4-3-5-8-15/h1,3-5,7-8,16H,6,9-14H2/t16-/m1/s1. The molecule has 0 aliphatic carbocycles. The summed E-state index contributed by atoms with van der Waals surface area (Å²) in [7, 11) is -3.02. The van der Waals surface area contributed by atoms with Crippen LogP contribution in [0.1, 0.15) is 24.8 Å². The van der Waals surface area contributed by atoms with Crippen LogP contribution in [-0.4, -0.2) is 43.3 Å². The van der Waals surface area contributed by atoms with Crippen LogP contribution in [0.4, 0.5) is 0 Å². The van der Waals surface area contributed by atoms with E-state index in [9.17, 15) is 13.2 Å². The van der Waals surface area contributed by atoms with Gasteiger partial charge in [-0.2, -0.15) is 0 Å². The second-order valence-electron chi connectivity index (χ2n) is 5.62. The number of amides is 1. The molecule has 0 aromatic heterocycles. The number of rotatable bonds is 6. The van der Waals surface area contributed by atoms with E-state index in [1.54, 1.807) is 4.90 Å². The molecule has 2 rings (SSSR count). The van der Waals surface area contributed by atoms with Crippen molar-refractivity contribution in [2.24, 2.45) is 0 Å². The third-order valence-corrected chi connectivity index (χ3v) is 5.68. The van der Waals surface area contributed by atoms with Gasteiger partial charge >= 0.3 is 0 Å². The van der Waals surface area contributed by atoms with E-state index in [1.165, 1.54) is 5.56 Å². The molecular weight excluding hydrogens is 298 g/mol. The van der Waals surface area contributed by atoms with E-state index in [4.69, 9.17) is 6.42 Å². The number of sulfone groups is 1. The van der Waals surface area contributed by atoms with Crippen LogP contribution in [0.25, 0.3) is 0 Å². The normalized spacial score (nSPS) is 19.5. The van der Waals surface area contributed by atoms with E-state index < -0.39 is 9.84 Å². The lowest BCUT2D eigenvalue weighted by Crippen LogP contribution is -2.41. The number of nitrogens with zero attached hydrogens (tertiary/aromatic N) is 1. The molecule has 0 radical (unpaired) electrons. The molecule has 1 aromatic carbocycles. The molecule has 1 aromatic rings. The first-order chi connectivity index (χ1) is 10.5. The van der Waals surface area contributed by atoms with Crippen LogP contribution in [0.2, 0.25) is 0 Å². The Kier molecular flexibility index (Phi) is 5.62. The van der Waals surface area contributed by atoms with Crippen molar-refractivity contribution >= 4 is 15.7 Å². The van der Waals surface area contributed by atoms with E-state index in [0.29, 0.717) is 12.8 Å². The summed E-state index contributed by atoms with van der Waals surface area (Å²) < 4.78 is 23.2. The Hall–Kier alpha value is -1.80. The van der Waals surface area contributed by atoms with Gasteiger partial charge in [0, 0.05) is 12.5 Å². The highest BCUT2D eigenvalue weighted by molar-refractivity contribution is 7.91. The SMILES string of the molecule is C#CCN(C(=O)CCCc1ccccc1)[C@@H]1CCS(=O)(=O)C1. The van der Waals surface area contributed by atoms with Crippen molar-refractivity contribution in [3.63, 3.8) is 0 Å². The Bertz CT molecular complexity index is 646. The van der Waals surface area contributed by atoms with Gasteiger partial charge in [-0.25, -0.2) is 8.42 Å². The number of terminal acetylenes is 1.